The third-order valence-corrected chi connectivity index (χ3v) is 6.56. The highest BCUT2D eigenvalue weighted by molar-refractivity contribution is 7.11. The van der Waals surface area contributed by atoms with Gasteiger partial charge in [0.25, 0.3) is 5.91 Å². The third kappa shape index (κ3) is 6.79. The summed E-state index contributed by atoms with van der Waals surface area (Å²) in [6.07, 6.45) is 0.953. The third-order valence-electron chi connectivity index (χ3n) is 5.57. The van der Waals surface area contributed by atoms with Gasteiger partial charge in [-0.15, -0.1) is 11.3 Å². The van der Waals surface area contributed by atoms with Crippen molar-refractivity contribution in [1.29, 1.82) is 0 Å². The van der Waals surface area contributed by atoms with Crippen LogP contribution in [0.4, 0.5) is 0 Å². The highest BCUT2D eigenvalue weighted by atomic mass is 32.1. The van der Waals surface area contributed by atoms with E-state index in [4.69, 9.17) is 0 Å². The summed E-state index contributed by atoms with van der Waals surface area (Å²) in [4.78, 5) is 32.7. The van der Waals surface area contributed by atoms with Crippen molar-refractivity contribution in [2.45, 2.75) is 40.3 Å². The molecule has 0 fully saturated rings. The molecule has 32 heavy (non-hydrogen) atoms. The summed E-state index contributed by atoms with van der Waals surface area (Å²) in [5.74, 6) is 0.191. The second kappa shape index (κ2) is 11.6. The van der Waals surface area contributed by atoms with Crippen LogP contribution in [-0.4, -0.2) is 34.7 Å². The number of hydrogen-bond acceptors (Lipinski definition) is 3. The molecule has 1 aromatic heterocycles. The average Bonchev–Trinajstić information content (AvgIpc) is 3.23. The number of carbonyl (C=O) groups is 2. The maximum absolute atomic E-state index is 13.5. The molecule has 1 unspecified atom stereocenters. The first-order chi connectivity index (χ1) is 15.5. The Bertz CT molecular complexity index is 1000. The number of nitrogens with zero attached hydrogens (tertiary/aromatic N) is 2. The molecule has 3 aromatic rings. The second-order valence-corrected chi connectivity index (χ2v) is 9.69. The van der Waals surface area contributed by atoms with Crippen LogP contribution >= 0.6 is 11.3 Å². The summed E-state index contributed by atoms with van der Waals surface area (Å²) in [6, 6.07) is 23.4. The molecular weight excluding hydrogens is 416 g/mol. The molecule has 1 heterocycles. The summed E-state index contributed by atoms with van der Waals surface area (Å²) >= 11 is 1.71. The van der Waals surface area contributed by atoms with Gasteiger partial charge >= 0.3 is 0 Å². The molecule has 2 aromatic carbocycles. The number of carbonyl (C=O) groups excluding carboxylic acids is 2. The number of amides is 2. The van der Waals surface area contributed by atoms with Crippen molar-refractivity contribution in [3.63, 3.8) is 0 Å². The zero-order valence-electron chi connectivity index (χ0n) is 19.2. The molecule has 0 aliphatic rings. The fourth-order valence-electron chi connectivity index (χ4n) is 3.55. The molecule has 0 bridgehead atoms. The Morgan fingerprint density at radius 2 is 1.53 bits per heavy atom. The summed E-state index contributed by atoms with van der Waals surface area (Å²) in [7, 11) is 0. The van der Waals surface area contributed by atoms with Gasteiger partial charge in [0.1, 0.15) is 6.54 Å². The van der Waals surface area contributed by atoms with Gasteiger partial charge in [-0.2, -0.15) is 0 Å². The van der Waals surface area contributed by atoms with Crippen molar-refractivity contribution in [2.24, 2.45) is 5.92 Å². The molecule has 0 aliphatic carbocycles. The normalized spacial score (nSPS) is 11.7. The van der Waals surface area contributed by atoms with E-state index < -0.39 is 0 Å². The zero-order valence-corrected chi connectivity index (χ0v) is 20.0. The minimum atomic E-state index is -0.0918. The summed E-state index contributed by atoms with van der Waals surface area (Å²) in [5, 5.41) is 0. The van der Waals surface area contributed by atoms with Crippen molar-refractivity contribution in [1.82, 2.24) is 9.80 Å². The maximum Gasteiger partial charge on any atom is 0.254 e. The maximum atomic E-state index is 13.5. The summed E-state index contributed by atoms with van der Waals surface area (Å²) in [6.45, 7) is 8.01. The van der Waals surface area contributed by atoms with Crippen molar-refractivity contribution in [3.8, 4) is 0 Å². The largest absolute Gasteiger partial charge is 0.332 e. The molecule has 0 N–H and O–H groups in total. The Labute approximate surface area is 195 Å². The quantitative estimate of drug-likeness (QED) is 0.395. The molecular formula is C27H32N2O2S. The van der Waals surface area contributed by atoms with Crippen molar-refractivity contribution in [2.75, 3.05) is 13.1 Å². The molecule has 168 valence electrons. The second-order valence-electron chi connectivity index (χ2n) is 8.31. The van der Waals surface area contributed by atoms with Crippen LogP contribution in [0.15, 0.2) is 72.8 Å². The highest BCUT2D eigenvalue weighted by Gasteiger charge is 2.24. The van der Waals surface area contributed by atoms with Gasteiger partial charge in [-0.25, -0.2) is 0 Å². The molecule has 0 saturated heterocycles. The summed E-state index contributed by atoms with van der Waals surface area (Å²) < 4.78 is 0. The van der Waals surface area contributed by atoms with Crippen LogP contribution in [0, 0.1) is 12.8 Å². The zero-order chi connectivity index (χ0) is 22.9. The number of rotatable bonds is 10. The molecule has 0 radical (unpaired) electrons. The molecule has 2 amide bonds. The topological polar surface area (TPSA) is 40.6 Å². The van der Waals surface area contributed by atoms with Gasteiger partial charge in [0.2, 0.25) is 5.91 Å². The van der Waals surface area contributed by atoms with E-state index in [1.165, 1.54) is 4.88 Å². The lowest BCUT2D eigenvalue weighted by Crippen LogP contribution is -2.44. The van der Waals surface area contributed by atoms with E-state index in [0.717, 1.165) is 16.9 Å². The van der Waals surface area contributed by atoms with Gasteiger partial charge in [-0.3, -0.25) is 9.59 Å². The van der Waals surface area contributed by atoms with Crippen LogP contribution in [0.5, 0.6) is 0 Å². The van der Waals surface area contributed by atoms with Gasteiger partial charge in [0.05, 0.1) is 6.54 Å². The number of hydrogen-bond donors (Lipinski definition) is 0. The van der Waals surface area contributed by atoms with Crippen LogP contribution in [0.3, 0.4) is 0 Å². The standard InChI is InChI=1S/C27H32N2O2S/c1-4-21(2)17-29(27(31)24-13-9-6-10-14-24)20-26(30)28(18-23-11-7-5-8-12-23)19-25-16-15-22(3)32-25/h5-16,21H,4,17-20H2,1-3H3. The molecule has 4 nitrogen and oxygen atoms in total. The van der Waals surface area contributed by atoms with E-state index in [1.54, 1.807) is 16.2 Å². The van der Waals surface area contributed by atoms with Gasteiger partial charge < -0.3 is 9.80 Å². The average molecular weight is 449 g/mol. The number of thiophene rings is 1. The predicted octanol–water partition coefficient (Wildman–Crippen LogP) is 5.77. The van der Waals surface area contributed by atoms with E-state index in [-0.39, 0.29) is 18.4 Å². The number of benzene rings is 2. The van der Waals surface area contributed by atoms with E-state index in [2.05, 4.69) is 32.9 Å². The molecule has 0 aliphatic heterocycles. The molecule has 0 spiro atoms. The van der Waals surface area contributed by atoms with Gasteiger partial charge in [0, 0.05) is 28.4 Å². The van der Waals surface area contributed by atoms with Crippen LogP contribution in [0.2, 0.25) is 0 Å². The minimum absolute atomic E-state index is 0.0347. The lowest BCUT2D eigenvalue weighted by atomic mass is 10.1. The van der Waals surface area contributed by atoms with Crippen molar-refractivity contribution < 1.29 is 9.59 Å². The summed E-state index contributed by atoms with van der Waals surface area (Å²) in [5.41, 5.74) is 1.70. The smallest absolute Gasteiger partial charge is 0.254 e. The van der Waals surface area contributed by atoms with Crippen molar-refractivity contribution >= 4 is 23.2 Å². The van der Waals surface area contributed by atoms with Gasteiger partial charge in [0.15, 0.2) is 0 Å². The van der Waals surface area contributed by atoms with Crippen LogP contribution in [0.25, 0.3) is 0 Å². The lowest BCUT2D eigenvalue weighted by molar-refractivity contribution is -0.133. The van der Waals surface area contributed by atoms with E-state index in [1.807, 2.05) is 65.6 Å². The predicted molar refractivity (Wildman–Crippen MR) is 132 cm³/mol. The molecule has 3 rings (SSSR count). The first-order valence-corrected chi connectivity index (χ1v) is 12.0. The fourth-order valence-corrected chi connectivity index (χ4v) is 4.45. The van der Waals surface area contributed by atoms with Crippen LogP contribution < -0.4 is 0 Å². The SMILES string of the molecule is CCC(C)CN(CC(=O)N(Cc1ccccc1)Cc1ccc(C)s1)C(=O)c1ccccc1. The number of aryl methyl sites for hydroxylation is 1. The minimum Gasteiger partial charge on any atom is -0.332 e. The van der Waals surface area contributed by atoms with Crippen LogP contribution in [-0.2, 0) is 17.9 Å². The van der Waals surface area contributed by atoms with Crippen molar-refractivity contribution in [3.05, 3.63) is 93.7 Å². The Morgan fingerprint density at radius 3 is 2.12 bits per heavy atom. The van der Waals surface area contributed by atoms with Gasteiger partial charge in [-0.05, 0) is 42.7 Å². The molecule has 5 heteroatoms. The Kier molecular flexibility index (Phi) is 8.63. The monoisotopic (exact) mass is 448 g/mol. The fraction of sp³-hybridized carbons (Fsp3) is 0.333. The lowest BCUT2D eigenvalue weighted by Gasteiger charge is -2.29. The Balaban J connectivity index is 1.81. The van der Waals surface area contributed by atoms with Gasteiger partial charge in [-0.1, -0.05) is 68.8 Å². The molecule has 0 saturated carbocycles. The van der Waals surface area contributed by atoms with Crippen LogP contribution in [0.1, 0.15) is 45.9 Å². The first kappa shape index (κ1) is 23.7. The van der Waals surface area contributed by atoms with E-state index in [0.29, 0.717) is 31.1 Å². The Morgan fingerprint density at radius 1 is 0.875 bits per heavy atom. The first-order valence-electron chi connectivity index (χ1n) is 11.2. The molecule has 1 atom stereocenters. The van der Waals surface area contributed by atoms with E-state index >= 15 is 0 Å². The highest BCUT2D eigenvalue weighted by Crippen LogP contribution is 2.19. The van der Waals surface area contributed by atoms with E-state index in [9.17, 15) is 9.59 Å². The Hall–Kier alpha value is -2.92.